The Bertz CT molecular complexity index is 482. The summed E-state index contributed by atoms with van der Waals surface area (Å²) in [5.41, 5.74) is 6.79. The number of amides is 2. The van der Waals surface area contributed by atoms with E-state index in [2.05, 4.69) is 0 Å². The largest absolute Gasteiger partial charge is 0.378 e. The minimum Gasteiger partial charge on any atom is -0.378 e. The molecular formula is C15H20N2O3. The Morgan fingerprint density at radius 3 is 2.60 bits per heavy atom. The molecule has 1 aliphatic rings. The van der Waals surface area contributed by atoms with Crippen molar-refractivity contribution in [2.45, 2.75) is 19.3 Å². The summed E-state index contributed by atoms with van der Waals surface area (Å²) in [6.45, 7) is 2.60. The normalized spacial score (nSPS) is 15.1. The van der Waals surface area contributed by atoms with Crippen molar-refractivity contribution in [2.24, 2.45) is 5.73 Å². The second kappa shape index (κ2) is 7.05. The van der Waals surface area contributed by atoms with Gasteiger partial charge in [0.1, 0.15) is 0 Å². The molecule has 0 aliphatic carbocycles. The Kier molecular flexibility index (Phi) is 5.12. The first-order valence-corrected chi connectivity index (χ1v) is 6.91. The van der Waals surface area contributed by atoms with E-state index in [0.29, 0.717) is 44.7 Å². The highest BCUT2D eigenvalue weighted by atomic mass is 16.5. The van der Waals surface area contributed by atoms with Gasteiger partial charge < -0.3 is 15.4 Å². The number of rotatable bonds is 5. The molecule has 2 amide bonds. The summed E-state index contributed by atoms with van der Waals surface area (Å²) >= 11 is 0. The van der Waals surface area contributed by atoms with Crippen molar-refractivity contribution in [2.75, 3.05) is 26.3 Å². The lowest BCUT2D eigenvalue weighted by atomic mass is 10.0. The molecule has 1 aromatic rings. The van der Waals surface area contributed by atoms with Gasteiger partial charge in [-0.2, -0.15) is 0 Å². The second-order valence-corrected chi connectivity index (χ2v) is 4.87. The highest BCUT2D eigenvalue weighted by molar-refractivity contribution is 5.94. The summed E-state index contributed by atoms with van der Waals surface area (Å²) in [5.74, 6) is -0.259. The number of primary amides is 1. The van der Waals surface area contributed by atoms with E-state index in [9.17, 15) is 9.59 Å². The molecule has 1 fully saturated rings. The Hall–Kier alpha value is -1.88. The smallest absolute Gasteiger partial charge is 0.248 e. The molecule has 0 spiro atoms. The Balaban J connectivity index is 1.83. The van der Waals surface area contributed by atoms with Gasteiger partial charge in [0.15, 0.2) is 0 Å². The highest BCUT2D eigenvalue weighted by Gasteiger charge is 2.16. The SMILES string of the molecule is NC(=O)c1ccccc1CCCC(=O)N1CCOCC1. The van der Waals surface area contributed by atoms with E-state index < -0.39 is 5.91 Å². The number of benzene rings is 1. The van der Waals surface area contributed by atoms with E-state index in [-0.39, 0.29) is 5.91 Å². The summed E-state index contributed by atoms with van der Waals surface area (Å²) in [5, 5.41) is 0. The van der Waals surface area contributed by atoms with Crippen molar-refractivity contribution in [1.82, 2.24) is 4.90 Å². The van der Waals surface area contributed by atoms with Crippen LogP contribution in [0.4, 0.5) is 0 Å². The van der Waals surface area contributed by atoms with Crippen LogP contribution in [0.3, 0.4) is 0 Å². The standard InChI is InChI=1S/C15H20N2O3/c16-15(19)13-6-2-1-4-12(13)5-3-7-14(18)17-8-10-20-11-9-17/h1-2,4,6H,3,5,7-11H2,(H2,16,19). The van der Waals surface area contributed by atoms with E-state index >= 15 is 0 Å². The number of aryl methyl sites for hydroxylation is 1. The Labute approximate surface area is 118 Å². The van der Waals surface area contributed by atoms with Gasteiger partial charge in [-0.1, -0.05) is 18.2 Å². The zero-order valence-corrected chi connectivity index (χ0v) is 11.5. The molecule has 0 saturated carbocycles. The summed E-state index contributed by atoms with van der Waals surface area (Å²) in [6.07, 6.45) is 1.91. The molecule has 0 aromatic heterocycles. The van der Waals surface area contributed by atoms with Crippen molar-refractivity contribution >= 4 is 11.8 Å². The first-order valence-electron chi connectivity index (χ1n) is 6.91. The molecule has 5 nitrogen and oxygen atoms in total. The van der Waals surface area contributed by atoms with E-state index in [0.717, 1.165) is 12.0 Å². The number of nitrogens with two attached hydrogens (primary N) is 1. The van der Waals surface area contributed by atoms with E-state index in [1.165, 1.54) is 0 Å². The maximum atomic E-state index is 12.0. The molecule has 108 valence electrons. The molecule has 5 heteroatoms. The van der Waals surface area contributed by atoms with E-state index in [1.54, 1.807) is 12.1 Å². The third-order valence-electron chi connectivity index (χ3n) is 3.48. The summed E-state index contributed by atoms with van der Waals surface area (Å²) in [7, 11) is 0. The van der Waals surface area contributed by atoms with Gasteiger partial charge in [0.25, 0.3) is 0 Å². The fourth-order valence-electron chi connectivity index (χ4n) is 2.38. The number of nitrogens with zero attached hydrogens (tertiary/aromatic N) is 1. The Morgan fingerprint density at radius 1 is 1.20 bits per heavy atom. The molecule has 0 radical (unpaired) electrons. The van der Waals surface area contributed by atoms with Crippen molar-refractivity contribution in [3.8, 4) is 0 Å². The highest BCUT2D eigenvalue weighted by Crippen LogP contribution is 2.12. The maximum absolute atomic E-state index is 12.0. The second-order valence-electron chi connectivity index (χ2n) is 4.87. The van der Waals surface area contributed by atoms with Gasteiger partial charge in [-0.05, 0) is 24.5 Å². The molecule has 0 unspecified atom stereocenters. The number of carbonyl (C=O) groups excluding carboxylic acids is 2. The van der Waals surface area contributed by atoms with Gasteiger partial charge in [0.2, 0.25) is 11.8 Å². The first kappa shape index (κ1) is 14.5. The molecule has 1 aliphatic heterocycles. The van der Waals surface area contributed by atoms with Gasteiger partial charge >= 0.3 is 0 Å². The molecule has 1 heterocycles. The lowest BCUT2D eigenvalue weighted by molar-refractivity contribution is -0.135. The fraction of sp³-hybridized carbons (Fsp3) is 0.467. The van der Waals surface area contributed by atoms with Crippen molar-refractivity contribution in [3.63, 3.8) is 0 Å². The van der Waals surface area contributed by atoms with Crippen LogP contribution >= 0.6 is 0 Å². The van der Waals surface area contributed by atoms with Crippen molar-refractivity contribution in [1.29, 1.82) is 0 Å². The van der Waals surface area contributed by atoms with Crippen molar-refractivity contribution < 1.29 is 14.3 Å². The number of carbonyl (C=O) groups is 2. The van der Waals surface area contributed by atoms with Crippen LogP contribution in [0.25, 0.3) is 0 Å². The maximum Gasteiger partial charge on any atom is 0.248 e. The van der Waals surface area contributed by atoms with Crippen LogP contribution in [0.15, 0.2) is 24.3 Å². The van der Waals surface area contributed by atoms with Crippen LogP contribution < -0.4 is 5.73 Å². The molecule has 1 aromatic carbocycles. The molecular weight excluding hydrogens is 256 g/mol. The van der Waals surface area contributed by atoms with Gasteiger partial charge in [0.05, 0.1) is 13.2 Å². The summed E-state index contributed by atoms with van der Waals surface area (Å²) in [6, 6.07) is 7.29. The third kappa shape index (κ3) is 3.81. The number of hydrogen-bond donors (Lipinski definition) is 1. The van der Waals surface area contributed by atoms with Crippen LogP contribution in [0, 0.1) is 0 Å². The molecule has 20 heavy (non-hydrogen) atoms. The van der Waals surface area contributed by atoms with Gasteiger partial charge in [0, 0.05) is 25.1 Å². The monoisotopic (exact) mass is 276 g/mol. The topological polar surface area (TPSA) is 72.6 Å². The summed E-state index contributed by atoms with van der Waals surface area (Å²) < 4.78 is 5.22. The zero-order chi connectivity index (χ0) is 14.4. The van der Waals surface area contributed by atoms with Gasteiger partial charge in [-0.25, -0.2) is 0 Å². The van der Waals surface area contributed by atoms with Crippen LogP contribution in [-0.2, 0) is 16.0 Å². The summed E-state index contributed by atoms with van der Waals surface area (Å²) in [4.78, 5) is 25.1. The minimum absolute atomic E-state index is 0.157. The first-order chi connectivity index (χ1) is 9.68. The molecule has 0 atom stereocenters. The van der Waals surface area contributed by atoms with Crippen LogP contribution in [-0.4, -0.2) is 43.0 Å². The van der Waals surface area contributed by atoms with Crippen LogP contribution in [0.1, 0.15) is 28.8 Å². The van der Waals surface area contributed by atoms with E-state index in [4.69, 9.17) is 10.5 Å². The van der Waals surface area contributed by atoms with Gasteiger partial charge in [-0.3, -0.25) is 9.59 Å². The lowest BCUT2D eigenvalue weighted by Crippen LogP contribution is -2.40. The molecule has 2 rings (SSSR count). The predicted molar refractivity (Wildman–Crippen MR) is 75.3 cm³/mol. The number of ether oxygens (including phenoxy) is 1. The van der Waals surface area contributed by atoms with Crippen LogP contribution in [0.5, 0.6) is 0 Å². The van der Waals surface area contributed by atoms with Gasteiger partial charge in [-0.15, -0.1) is 0 Å². The molecule has 0 bridgehead atoms. The Morgan fingerprint density at radius 2 is 1.90 bits per heavy atom. The minimum atomic E-state index is -0.417. The molecule has 1 saturated heterocycles. The number of hydrogen-bond acceptors (Lipinski definition) is 3. The zero-order valence-electron chi connectivity index (χ0n) is 11.5. The average molecular weight is 276 g/mol. The molecule has 2 N–H and O–H groups in total. The van der Waals surface area contributed by atoms with E-state index in [1.807, 2.05) is 17.0 Å². The lowest BCUT2D eigenvalue weighted by Gasteiger charge is -2.26. The fourth-order valence-corrected chi connectivity index (χ4v) is 2.38. The predicted octanol–water partition coefficient (Wildman–Crippen LogP) is 0.967. The number of morpholine rings is 1. The quantitative estimate of drug-likeness (QED) is 0.871. The third-order valence-corrected chi connectivity index (χ3v) is 3.48. The van der Waals surface area contributed by atoms with Crippen LogP contribution in [0.2, 0.25) is 0 Å². The average Bonchev–Trinajstić information content (AvgIpc) is 2.48. The van der Waals surface area contributed by atoms with Crippen molar-refractivity contribution in [3.05, 3.63) is 35.4 Å².